The van der Waals surface area contributed by atoms with Crippen LogP contribution in [0.4, 0.5) is 0 Å². The van der Waals surface area contributed by atoms with Gasteiger partial charge in [0.2, 0.25) is 0 Å². The molecule has 1 nitrogen and oxygen atoms in total. The molecule has 1 heteroatoms. The fraction of sp³-hybridized carbons (Fsp3) is 1.00. The summed E-state index contributed by atoms with van der Waals surface area (Å²) >= 11 is 0. The number of rotatable bonds is 1. The van der Waals surface area contributed by atoms with Crippen LogP contribution >= 0.6 is 0 Å². The van der Waals surface area contributed by atoms with Crippen molar-refractivity contribution in [2.45, 2.75) is 39.5 Å². The molecule has 1 N–H and O–H groups in total. The normalized spacial score (nSPS) is 40.4. The maximum absolute atomic E-state index is 3.55. The van der Waals surface area contributed by atoms with E-state index in [4.69, 9.17) is 0 Å². The second-order valence-corrected chi connectivity index (χ2v) is 5.35. The first kappa shape index (κ1) is 9.51. The van der Waals surface area contributed by atoms with Crippen molar-refractivity contribution in [3.05, 3.63) is 0 Å². The third kappa shape index (κ3) is 2.07. The standard InChI is InChI=1S/C12H23N/c1-9(2)10-4-3-5-11-7-13-8-12(11)6-10/h9-13H,3-8H2,1-2H3. The second-order valence-electron chi connectivity index (χ2n) is 5.35. The fourth-order valence-electron chi connectivity index (χ4n) is 3.16. The second kappa shape index (κ2) is 4.00. The smallest absolute Gasteiger partial charge is 0.00172 e. The predicted molar refractivity (Wildman–Crippen MR) is 56.6 cm³/mol. The van der Waals surface area contributed by atoms with Gasteiger partial charge in [0.05, 0.1) is 0 Å². The van der Waals surface area contributed by atoms with E-state index < -0.39 is 0 Å². The van der Waals surface area contributed by atoms with Gasteiger partial charge in [-0.05, 0) is 49.6 Å². The third-order valence-electron chi connectivity index (χ3n) is 4.18. The van der Waals surface area contributed by atoms with Gasteiger partial charge in [0, 0.05) is 0 Å². The predicted octanol–water partition coefficient (Wildman–Crippen LogP) is 2.67. The summed E-state index contributed by atoms with van der Waals surface area (Å²) in [4.78, 5) is 0. The molecule has 76 valence electrons. The lowest BCUT2D eigenvalue weighted by molar-refractivity contribution is 0.291. The molecule has 0 amide bonds. The van der Waals surface area contributed by atoms with Gasteiger partial charge in [0.1, 0.15) is 0 Å². The van der Waals surface area contributed by atoms with Crippen LogP contribution in [0.15, 0.2) is 0 Å². The van der Waals surface area contributed by atoms with E-state index in [1.165, 1.54) is 38.8 Å². The molecule has 2 aliphatic rings. The molecule has 2 rings (SSSR count). The third-order valence-corrected chi connectivity index (χ3v) is 4.18. The van der Waals surface area contributed by atoms with Crippen molar-refractivity contribution in [2.75, 3.05) is 13.1 Å². The number of hydrogen-bond donors (Lipinski definition) is 1. The lowest BCUT2D eigenvalue weighted by Crippen LogP contribution is -2.16. The molecule has 0 aromatic carbocycles. The minimum atomic E-state index is 0.902. The summed E-state index contributed by atoms with van der Waals surface area (Å²) in [6.07, 6.45) is 5.95. The van der Waals surface area contributed by atoms with Crippen LogP contribution in [0.1, 0.15) is 39.5 Å². The first-order valence-electron chi connectivity index (χ1n) is 5.98. The number of fused-ring (bicyclic) bond motifs is 1. The van der Waals surface area contributed by atoms with Gasteiger partial charge in [0.25, 0.3) is 0 Å². The molecule has 1 aliphatic carbocycles. The average Bonchev–Trinajstić information content (AvgIpc) is 2.42. The minimum Gasteiger partial charge on any atom is -0.316 e. The van der Waals surface area contributed by atoms with Crippen LogP contribution in [-0.2, 0) is 0 Å². The van der Waals surface area contributed by atoms with Crippen LogP contribution in [0.3, 0.4) is 0 Å². The highest BCUT2D eigenvalue weighted by Crippen LogP contribution is 2.37. The zero-order chi connectivity index (χ0) is 9.26. The van der Waals surface area contributed by atoms with Crippen LogP contribution in [0.25, 0.3) is 0 Å². The summed E-state index contributed by atoms with van der Waals surface area (Å²) in [6.45, 7) is 7.39. The van der Waals surface area contributed by atoms with Crippen molar-refractivity contribution in [1.82, 2.24) is 5.32 Å². The SMILES string of the molecule is CC(C)C1CCCC2CNCC2C1. The first-order valence-corrected chi connectivity index (χ1v) is 5.98. The summed E-state index contributed by atoms with van der Waals surface area (Å²) in [7, 11) is 0. The van der Waals surface area contributed by atoms with Gasteiger partial charge in [-0.1, -0.05) is 26.7 Å². The van der Waals surface area contributed by atoms with E-state index in [-0.39, 0.29) is 0 Å². The largest absolute Gasteiger partial charge is 0.316 e. The van der Waals surface area contributed by atoms with Crippen molar-refractivity contribution in [2.24, 2.45) is 23.7 Å². The number of nitrogens with one attached hydrogen (secondary N) is 1. The Labute approximate surface area is 82.3 Å². The fourth-order valence-corrected chi connectivity index (χ4v) is 3.16. The Bertz CT molecular complexity index is 165. The maximum atomic E-state index is 3.55. The molecule has 0 aromatic rings. The van der Waals surface area contributed by atoms with Crippen molar-refractivity contribution in [3.8, 4) is 0 Å². The highest BCUT2D eigenvalue weighted by Gasteiger charge is 2.32. The molecule has 1 aliphatic heterocycles. The summed E-state index contributed by atoms with van der Waals surface area (Å²) in [5.74, 6) is 3.94. The van der Waals surface area contributed by atoms with E-state index in [1.54, 1.807) is 0 Å². The average molecular weight is 181 g/mol. The van der Waals surface area contributed by atoms with E-state index in [0.717, 1.165) is 23.7 Å². The van der Waals surface area contributed by atoms with Crippen LogP contribution in [0.5, 0.6) is 0 Å². The molecule has 3 atom stereocenters. The molecule has 0 radical (unpaired) electrons. The summed E-state index contributed by atoms with van der Waals surface area (Å²) in [5.41, 5.74) is 0. The molecule has 0 bridgehead atoms. The van der Waals surface area contributed by atoms with Crippen LogP contribution in [0.2, 0.25) is 0 Å². The summed E-state index contributed by atoms with van der Waals surface area (Å²) < 4.78 is 0. The van der Waals surface area contributed by atoms with E-state index in [2.05, 4.69) is 19.2 Å². The molecule has 2 fully saturated rings. The van der Waals surface area contributed by atoms with E-state index in [0.29, 0.717) is 0 Å². The van der Waals surface area contributed by atoms with Crippen molar-refractivity contribution in [1.29, 1.82) is 0 Å². The van der Waals surface area contributed by atoms with Crippen LogP contribution in [0, 0.1) is 23.7 Å². The van der Waals surface area contributed by atoms with Crippen molar-refractivity contribution in [3.63, 3.8) is 0 Å². The van der Waals surface area contributed by atoms with E-state index >= 15 is 0 Å². The first-order chi connectivity index (χ1) is 6.27. The molecule has 1 saturated carbocycles. The highest BCUT2D eigenvalue weighted by atomic mass is 14.9. The molecule has 3 unspecified atom stereocenters. The monoisotopic (exact) mass is 181 g/mol. The van der Waals surface area contributed by atoms with Gasteiger partial charge < -0.3 is 5.32 Å². The maximum Gasteiger partial charge on any atom is -0.00172 e. The van der Waals surface area contributed by atoms with Crippen LogP contribution < -0.4 is 5.32 Å². The number of hydrogen-bond acceptors (Lipinski definition) is 1. The Morgan fingerprint density at radius 3 is 2.62 bits per heavy atom. The summed E-state index contributed by atoms with van der Waals surface area (Å²) in [5, 5.41) is 3.55. The lowest BCUT2D eigenvalue weighted by Gasteiger charge is -2.22. The molecule has 1 saturated heterocycles. The van der Waals surface area contributed by atoms with Gasteiger partial charge in [-0.2, -0.15) is 0 Å². The molecule has 13 heavy (non-hydrogen) atoms. The molecule has 0 spiro atoms. The Balaban J connectivity index is 1.96. The van der Waals surface area contributed by atoms with Gasteiger partial charge in [-0.3, -0.25) is 0 Å². The minimum absolute atomic E-state index is 0.902. The molecular formula is C12H23N. The van der Waals surface area contributed by atoms with Crippen molar-refractivity contribution < 1.29 is 0 Å². The lowest BCUT2D eigenvalue weighted by atomic mass is 9.83. The van der Waals surface area contributed by atoms with Crippen LogP contribution in [-0.4, -0.2) is 13.1 Å². The molecule has 1 heterocycles. The van der Waals surface area contributed by atoms with Gasteiger partial charge in [0.15, 0.2) is 0 Å². The van der Waals surface area contributed by atoms with Gasteiger partial charge in [-0.15, -0.1) is 0 Å². The zero-order valence-corrected chi connectivity index (χ0v) is 9.05. The van der Waals surface area contributed by atoms with Gasteiger partial charge >= 0.3 is 0 Å². The highest BCUT2D eigenvalue weighted by molar-refractivity contribution is 4.86. The Kier molecular flexibility index (Phi) is 2.92. The van der Waals surface area contributed by atoms with E-state index in [9.17, 15) is 0 Å². The summed E-state index contributed by atoms with van der Waals surface area (Å²) in [6, 6.07) is 0. The quantitative estimate of drug-likeness (QED) is 0.656. The Morgan fingerprint density at radius 2 is 1.85 bits per heavy atom. The van der Waals surface area contributed by atoms with Crippen molar-refractivity contribution >= 4 is 0 Å². The van der Waals surface area contributed by atoms with E-state index in [1.807, 2.05) is 0 Å². The topological polar surface area (TPSA) is 12.0 Å². The zero-order valence-electron chi connectivity index (χ0n) is 9.05. The van der Waals surface area contributed by atoms with Gasteiger partial charge in [-0.25, -0.2) is 0 Å². The Hall–Kier alpha value is -0.0400. The molecular weight excluding hydrogens is 158 g/mol. The molecule has 0 aromatic heterocycles. The Morgan fingerprint density at radius 1 is 1.08 bits per heavy atom.